The van der Waals surface area contributed by atoms with Crippen LogP contribution in [0.2, 0.25) is 0 Å². The van der Waals surface area contributed by atoms with Crippen LogP contribution in [0.1, 0.15) is 52.6 Å². The number of nitrogens with zero attached hydrogens (tertiary/aromatic N) is 1. The maximum atomic E-state index is 12.4. The minimum absolute atomic E-state index is 0.0120. The summed E-state index contributed by atoms with van der Waals surface area (Å²) >= 11 is 0. The molecular formula is C28H33N3O3. The summed E-state index contributed by atoms with van der Waals surface area (Å²) < 4.78 is 0. The largest absolute Gasteiger partial charge is 0.481 e. The predicted molar refractivity (Wildman–Crippen MR) is 137 cm³/mol. The molecule has 0 aliphatic heterocycles. The fourth-order valence-electron chi connectivity index (χ4n) is 4.29. The number of aliphatic carboxylic acids is 1. The molecule has 6 nitrogen and oxygen atoms in total. The zero-order valence-electron chi connectivity index (χ0n) is 20.3. The van der Waals surface area contributed by atoms with Gasteiger partial charge in [-0.3, -0.25) is 9.59 Å². The SMILES string of the molecule is CNc1ccc(C(CC(=O)O)c2ccc(C)c(CN(Cc3ccccc3)C(C)=O)c2)c(C)c1N. The number of benzene rings is 3. The van der Waals surface area contributed by atoms with Crippen LogP contribution in [-0.4, -0.2) is 28.9 Å². The number of rotatable bonds is 9. The number of nitrogen functional groups attached to an aromatic ring is 1. The molecule has 0 radical (unpaired) electrons. The van der Waals surface area contributed by atoms with E-state index in [1.807, 2.05) is 81.6 Å². The van der Waals surface area contributed by atoms with E-state index >= 15 is 0 Å². The van der Waals surface area contributed by atoms with Gasteiger partial charge in [0, 0.05) is 33.0 Å². The van der Waals surface area contributed by atoms with Crippen LogP contribution >= 0.6 is 0 Å². The summed E-state index contributed by atoms with van der Waals surface area (Å²) in [6.07, 6.45) is -0.0535. The van der Waals surface area contributed by atoms with Gasteiger partial charge in [0.15, 0.2) is 0 Å². The molecule has 0 saturated carbocycles. The average molecular weight is 460 g/mol. The first kappa shape index (κ1) is 24.8. The van der Waals surface area contributed by atoms with E-state index in [1.165, 1.54) is 0 Å². The number of nitrogens with two attached hydrogens (primary N) is 1. The monoisotopic (exact) mass is 459 g/mol. The Bertz CT molecular complexity index is 1180. The van der Waals surface area contributed by atoms with Gasteiger partial charge in [-0.15, -0.1) is 0 Å². The van der Waals surface area contributed by atoms with E-state index in [4.69, 9.17) is 5.73 Å². The lowest BCUT2D eigenvalue weighted by Crippen LogP contribution is -2.28. The summed E-state index contributed by atoms with van der Waals surface area (Å²) in [6.45, 7) is 6.47. The van der Waals surface area contributed by atoms with E-state index < -0.39 is 5.97 Å². The molecule has 0 aliphatic rings. The number of nitrogens with one attached hydrogen (secondary N) is 1. The molecule has 6 heteroatoms. The molecule has 34 heavy (non-hydrogen) atoms. The first-order valence-corrected chi connectivity index (χ1v) is 11.4. The number of carboxylic acid groups (broad SMARTS) is 1. The highest BCUT2D eigenvalue weighted by Gasteiger charge is 2.23. The van der Waals surface area contributed by atoms with Gasteiger partial charge in [-0.2, -0.15) is 0 Å². The van der Waals surface area contributed by atoms with E-state index in [2.05, 4.69) is 5.32 Å². The number of hydrogen-bond donors (Lipinski definition) is 3. The Labute approximate surface area is 201 Å². The number of aryl methyl sites for hydroxylation is 1. The molecule has 3 aromatic rings. The first-order chi connectivity index (χ1) is 16.2. The highest BCUT2D eigenvalue weighted by molar-refractivity contribution is 5.74. The Balaban J connectivity index is 1.99. The molecule has 0 aromatic heterocycles. The second-order valence-electron chi connectivity index (χ2n) is 8.69. The number of hydrogen-bond acceptors (Lipinski definition) is 4. The van der Waals surface area contributed by atoms with Crippen molar-refractivity contribution >= 4 is 23.3 Å². The second kappa shape index (κ2) is 10.9. The van der Waals surface area contributed by atoms with Crippen LogP contribution in [-0.2, 0) is 22.7 Å². The van der Waals surface area contributed by atoms with E-state index in [9.17, 15) is 14.7 Å². The van der Waals surface area contributed by atoms with E-state index in [0.717, 1.165) is 39.1 Å². The number of carbonyl (C=O) groups excluding carboxylic acids is 1. The van der Waals surface area contributed by atoms with Crippen molar-refractivity contribution in [3.8, 4) is 0 Å². The predicted octanol–water partition coefficient (Wildman–Crippen LogP) is 5.08. The lowest BCUT2D eigenvalue weighted by atomic mass is 9.84. The van der Waals surface area contributed by atoms with Crippen LogP contribution in [0.5, 0.6) is 0 Å². The van der Waals surface area contributed by atoms with Crippen LogP contribution < -0.4 is 11.1 Å². The number of amides is 1. The first-order valence-electron chi connectivity index (χ1n) is 11.4. The highest BCUT2D eigenvalue weighted by Crippen LogP contribution is 2.36. The van der Waals surface area contributed by atoms with Crippen molar-refractivity contribution < 1.29 is 14.7 Å². The molecule has 0 fully saturated rings. The third-order valence-electron chi connectivity index (χ3n) is 6.38. The number of carboxylic acids is 1. The molecular weight excluding hydrogens is 426 g/mol. The van der Waals surface area contributed by atoms with Crippen LogP contribution in [0.3, 0.4) is 0 Å². The van der Waals surface area contributed by atoms with Gasteiger partial charge in [0.1, 0.15) is 0 Å². The summed E-state index contributed by atoms with van der Waals surface area (Å²) in [5.41, 5.74) is 13.5. The van der Waals surface area contributed by atoms with E-state index in [1.54, 1.807) is 11.8 Å². The molecule has 3 rings (SSSR count). The Morgan fingerprint density at radius 1 is 1.03 bits per heavy atom. The van der Waals surface area contributed by atoms with E-state index in [0.29, 0.717) is 18.8 Å². The summed E-state index contributed by atoms with van der Waals surface area (Å²) in [5, 5.41) is 12.7. The summed E-state index contributed by atoms with van der Waals surface area (Å²) in [7, 11) is 1.81. The van der Waals surface area contributed by atoms with Crippen molar-refractivity contribution in [2.75, 3.05) is 18.1 Å². The Hall–Kier alpha value is -3.80. The summed E-state index contributed by atoms with van der Waals surface area (Å²) in [5.74, 6) is -1.25. The van der Waals surface area contributed by atoms with Gasteiger partial charge in [0.2, 0.25) is 5.91 Å². The molecule has 1 amide bonds. The maximum Gasteiger partial charge on any atom is 0.304 e. The molecule has 0 aliphatic carbocycles. The van der Waals surface area contributed by atoms with Gasteiger partial charge < -0.3 is 21.1 Å². The second-order valence-corrected chi connectivity index (χ2v) is 8.69. The summed E-state index contributed by atoms with van der Waals surface area (Å²) in [4.78, 5) is 26.0. The summed E-state index contributed by atoms with van der Waals surface area (Å²) in [6, 6.07) is 19.7. The van der Waals surface area contributed by atoms with Gasteiger partial charge in [-0.05, 0) is 53.3 Å². The molecule has 3 aromatic carbocycles. The molecule has 4 N–H and O–H groups in total. The molecule has 0 spiro atoms. The normalized spacial score (nSPS) is 11.6. The fraction of sp³-hybridized carbons (Fsp3) is 0.286. The average Bonchev–Trinajstić information content (AvgIpc) is 2.81. The topological polar surface area (TPSA) is 95.7 Å². The van der Waals surface area contributed by atoms with Crippen molar-refractivity contribution in [2.45, 2.75) is 46.2 Å². The number of carbonyl (C=O) groups is 2. The Morgan fingerprint density at radius 2 is 1.74 bits per heavy atom. The van der Waals surface area contributed by atoms with Gasteiger partial charge >= 0.3 is 5.97 Å². The molecule has 1 atom stereocenters. The molecule has 1 unspecified atom stereocenters. The third-order valence-corrected chi connectivity index (χ3v) is 6.38. The molecule has 0 heterocycles. The Kier molecular flexibility index (Phi) is 7.95. The Morgan fingerprint density at radius 3 is 2.35 bits per heavy atom. The highest BCUT2D eigenvalue weighted by atomic mass is 16.4. The molecule has 0 bridgehead atoms. The zero-order chi connectivity index (χ0) is 24.8. The van der Waals surface area contributed by atoms with Gasteiger partial charge in [0.05, 0.1) is 17.8 Å². The van der Waals surface area contributed by atoms with Gasteiger partial charge in [-0.1, -0.05) is 54.6 Å². The molecule has 178 valence electrons. The molecule has 0 saturated heterocycles. The van der Waals surface area contributed by atoms with Gasteiger partial charge in [0.25, 0.3) is 0 Å². The third kappa shape index (κ3) is 5.76. The lowest BCUT2D eigenvalue weighted by Gasteiger charge is -2.25. The standard InChI is InChI=1S/C28H33N3O3/c1-18-10-11-22(14-23(18)17-31(20(3)32)16-21-8-6-5-7-9-21)25(15-27(33)34)24-12-13-26(30-4)28(29)19(24)2/h5-14,25,30H,15-17,29H2,1-4H3,(H,33,34). The van der Waals surface area contributed by atoms with Crippen LogP contribution in [0.15, 0.2) is 60.7 Å². The fourth-order valence-corrected chi connectivity index (χ4v) is 4.29. The quantitative estimate of drug-likeness (QED) is 0.388. The van der Waals surface area contributed by atoms with Crippen molar-refractivity contribution in [3.63, 3.8) is 0 Å². The lowest BCUT2D eigenvalue weighted by molar-refractivity contribution is -0.137. The van der Waals surface area contributed by atoms with Gasteiger partial charge in [-0.25, -0.2) is 0 Å². The van der Waals surface area contributed by atoms with E-state index in [-0.39, 0.29) is 18.2 Å². The van der Waals surface area contributed by atoms with Crippen molar-refractivity contribution in [1.82, 2.24) is 4.90 Å². The van der Waals surface area contributed by atoms with Crippen molar-refractivity contribution in [2.24, 2.45) is 0 Å². The zero-order valence-corrected chi connectivity index (χ0v) is 20.3. The van der Waals surface area contributed by atoms with Crippen molar-refractivity contribution in [3.05, 3.63) is 94.0 Å². The maximum absolute atomic E-state index is 12.4. The van der Waals surface area contributed by atoms with Crippen LogP contribution in [0.25, 0.3) is 0 Å². The minimum atomic E-state index is -0.878. The number of anilines is 2. The van der Waals surface area contributed by atoms with Crippen molar-refractivity contribution in [1.29, 1.82) is 0 Å². The van der Waals surface area contributed by atoms with Crippen LogP contribution in [0, 0.1) is 13.8 Å². The smallest absolute Gasteiger partial charge is 0.304 e. The minimum Gasteiger partial charge on any atom is -0.481 e. The van der Waals surface area contributed by atoms with Crippen LogP contribution in [0.4, 0.5) is 11.4 Å².